The van der Waals surface area contributed by atoms with Crippen molar-refractivity contribution in [2.24, 2.45) is 0 Å². The van der Waals surface area contributed by atoms with Gasteiger partial charge in [-0.1, -0.05) is 144 Å². The highest BCUT2D eigenvalue weighted by Crippen LogP contribution is 2.26. The van der Waals surface area contributed by atoms with Gasteiger partial charge in [0.05, 0.1) is 26.4 Å². The van der Waals surface area contributed by atoms with Gasteiger partial charge < -0.3 is 64.2 Å². The van der Waals surface area contributed by atoms with Crippen molar-refractivity contribution >= 4 is 5.97 Å². The zero-order valence-corrected chi connectivity index (χ0v) is 42.0. The highest BCUT2D eigenvalue weighted by Gasteiger charge is 2.47. The van der Waals surface area contributed by atoms with Crippen molar-refractivity contribution in [1.82, 2.24) is 0 Å². The summed E-state index contributed by atoms with van der Waals surface area (Å²) >= 11 is 0. The molecule has 0 spiro atoms. The van der Waals surface area contributed by atoms with Crippen LogP contribution in [0, 0.1) is 0 Å². The summed E-state index contributed by atoms with van der Waals surface area (Å²) in [5.74, 6) is -0.415. The summed E-state index contributed by atoms with van der Waals surface area (Å²) in [5, 5.41) is 72.2. The Bertz CT molecular complexity index is 1460. The smallest absolute Gasteiger partial charge is 0.306 e. The van der Waals surface area contributed by atoms with E-state index in [4.69, 9.17) is 28.4 Å². The minimum atomic E-state index is -1.72. The first-order valence-electron chi connectivity index (χ1n) is 26.2. The lowest BCUT2D eigenvalue weighted by Gasteiger charge is -2.42. The van der Waals surface area contributed by atoms with Crippen LogP contribution >= 0.6 is 0 Å². The minimum absolute atomic E-state index is 0.0354. The molecule has 11 unspecified atom stereocenters. The van der Waals surface area contributed by atoms with Crippen molar-refractivity contribution in [3.05, 3.63) is 85.1 Å². The molecule has 396 valence electrons. The van der Waals surface area contributed by atoms with Gasteiger partial charge in [0.15, 0.2) is 12.6 Å². The fourth-order valence-corrected chi connectivity index (χ4v) is 7.63. The van der Waals surface area contributed by atoms with Crippen molar-refractivity contribution in [3.63, 3.8) is 0 Å². The van der Waals surface area contributed by atoms with Gasteiger partial charge in [-0.05, 0) is 89.9 Å². The number of rotatable bonds is 40. The number of carbonyl (C=O) groups excluding carboxylic acids is 1. The Hall–Kier alpha value is -2.83. The Labute approximate surface area is 414 Å². The van der Waals surface area contributed by atoms with Crippen LogP contribution < -0.4 is 0 Å². The van der Waals surface area contributed by atoms with Crippen LogP contribution in [-0.4, -0.2) is 142 Å². The first kappa shape index (κ1) is 62.3. The van der Waals surface area contributed by atoms with E-state index in [1.54, 1.807) is 0 Å². The second kappa shape index (κ2) is 41.8. The molecule has 0 aromatic rings. The maximum atomic E-state index is 13.0. The van der Waals surface area contributed by atoms with Crippen LogP contribution in [0.4, 0.5) is 0 Å². The molecule has 2 fully saturated rings. The third-order valence-corrected chi connectivity index (χ3v) is 11.9. The monoisotopic (exact) mass is 977 g/mol. The molecule has 2 aliphatic rings. The highest BCUT2D eigenvalue weighted by atomic mass is 16.7. The standard InChI is InChI=1S/C55H92O14/c1-3-5-7-9-11-13-15-17-19-21-22-23-24-26-28-30-32-34-36-38-47(57)67-44(41-64-39-37-35-33-31-29-27-25-20-18-16-14-12-10-8-6-4-2)42-65-54-53(63)51(61)49(59)46(69-54)43-66-55-52(62)50(60)48(58)45(40-56)68-55/h5,7,11-14,17-20,22-23,26,28,44-46,48-56,58-63H,3-4,6,8-10,15-16,21,24-25,27,29-43H2,1-2H3/b7-5-,13-11-,14-12-,19-17-,20-18-,23-22-,28-26-. The molecule has 0 radical (unpaired) electrons. The molecule has 11 atom stereocenters. The molecular formula is C55H92O14. The lowest BCUT2D eigenvalue weighted by molar-refractivity contribution is -0.332. The lowest BCUT2D eigenvalue weighted by Crippen LogP contribution is -2.61. The summed E-state index contributed by atoms with van der Waals surface area (Å²) in [7, 11) is 0. The molecule has 0 bridgehead atoms. The third kappa shape index (κ3) is 29.3. The molecule has 0 amide bonds. The fraction of sp³-hybridized carbons (Fsp3) is 0.727. The van der Waals surface area contributed by atoms with Gasteiger partial charge >= 0.3 is 5.97 Å². The molecule has 2 heterocycles. The maximum Gasteiger partial charge on any atom is 0.306 e. The number of hydrogen-bond acceptors (Lipinski definition) is 14. The van der Waals surface area contributed by atoms with Crippen LogP contribution in [-0.2, 0) is 33.2 Å². The molecule has 2 saturated heterocycles. The summed E-state index contributed by atoms with van der Waals surface area (Å²) in [6.45, 7) is 3.45. The van der Waals surface area contributed by atoms with E-state index in [1.165, 1.54) is 38.5 Å². The summed E-state index contributed by atoms with van der Waals surface area (Å²) in [5.41, 5.74) is 0. The Balaban J connectivity index is 1.79. The topological polar surface area (TPSA) is 214 Å². The third-order valence-electron chi connectivity index (χ3n) is 11.9. The number of aliphatic hydroxyl groups is 7. The number of hydrogen-bond donors (Lipinski definition) is 7. The Morgan fingerprint density at radius 3 is 1.48 bits per heavy atom. The van der Waals surface area contributed by atoms with Gasteiger partial charge in [0, 0.05) is 13.0 Å². The van der Waals surface area contributed by atoms with Gasteiger partial charge in [0.2, 0.25) is 0 Å². The van der Waals surface area contributed by atoms with Crippen molar-refractivity contribution in [2.45, 2.75) is 223 Å². The lowest BCUT2D eigenvalue weighted by atomic mass is 9.98. The van der Waals surface area contributed by atoms with E-state index in [9.17, 15) is 40.5 Å². The van der Waals surface area contributed by atoms with Crippen LogP contribution in [0.3, 0.4) is 0 Å². The normalized spacial score (nSPS) is 26.4. The van der Waals surface area contributed by atoms with Crippen LogP contribution in [0.25, 0.3) is 0 Å². The Kier molecular flexibility index (Phi) is 37.7. The summed E-state index contributed by atoms with van der Waals surface area (Å²) in [6.07, 6.45) is 36.4. The Morgan fingerprint density at radius 2 is 0.942 bits per heavy atom. The van der Waals surface area contributed by atoms with Gasteiger partial charge in [-0.2, -0.15) is 0 Å². The van der Waals surface area contributed by atoms with E-state index in [-0.39, 0.29) is 19.6 Å². The molecule has 0 aromatic heterocycles. The number of esters is 1. The van der Waals surface area contributed by atoms with Gasteiger partial charge in [-0.25, -0.2) is 0 Å². The molecule has 14 nitrogen and oxygen atoms in total. The van der Waals surface area contributed by atoms with Gasteiger partial charge in [-0.15, -0.1) is 0 Å². The molecule has 0 aliphatic carbocycles. The second-order valence-electron chi connectivity index (χ2n) is 18.0. The fourth-order valence-electron chi connectivity index (χ4n) is 7.63. The predicted molar refractivity (Wildman–Crippen MR) is 270 cm³/mol. The molecule has 69 heavy (non-hydrogen) atoms. The minimum Gasteiger partial charge on any atom is -0.457 e. The highest BCUT2D eigenvalue weighted by molar-refractivity contribution is 5.69. The summed E-state index contributed by atoms with van der Waals surface area (Å²) in [4.78, 5) is 13.0. The first-order valence-corrected chi connectivity index (χ1v) is 26.2. The van der Waals surface area contributed by atoms with Crippen LogP contribution in [0.15, 0.2) is 85.1 Å². The zero-order valence-electron chi connectivity index (χ0n) is 42.0. The molecular weight excluding hydrogens is 885 g/mol. The van der Waals surface area contributed by atoms with E-state index < -0.39 is 86.7 Å². The number of carbonyl (C=O) groups is 1. The molecule has 0 aromatic carbocycles. The van der Waals surface area contributed by atoms with Gasteiger partial charge in [-0.3, -0.25) is 4.79 Å². The number of aliphatic hydroxyl groups excluding tert-OH is 7. The van der Waals surface area contributed by atoms with Crippen LogP contribution in [0.5, 0.6) is 0 Å². The van der Waals surface area contributed by atoms with Crippen LogP contribution in [0.1, 0.15) is 155 Å². The molecule has 7 N–H and O–H groups in total. The predicted octanol–water partition coefficient (Wildman–Crippen LogP) is 8.07. The molecule has 0 saturated carbocycles. The molecule has 14 heteroatoms. The number of allylic oxidation sites excluding steroid dienone is 14. The van der Waals surface area contributed by atoms with E-state index in [1.807, 2.05) is 0 Å². The average molecular weight is 977 g/mol. The maximum absolute atomic E-state index is 13.0. The summed E-state index contributed by atoms with van der Waals surface area (Å²) < 4.78 is 34.2. The van der Waals surface area contributed by atoms with Crippen molar-refractivity contribution in [3.8, 4) is 0 Å². The number of ether oxygens (including phenoxy) is 6. The van der Waals surface area contributed by atoms with E-state index >= 15 is 0 Å². The van der Waals surface area contributed by atoms with E-state index in [2.05, 4.69) is 98.9 Å². The zero-order chi connectivity index (χ0) is 50.2. The Morgan fingerprint density at radius 1 is 0.493 bits per heavy atom. The molecule has 2 rings (SSSR count). The van der Waals surface area contributed by atoms with E-state index in [0.29, 0.717) is 13.0 Å². The van der Waals surface area contributed by atoms with Gasteiger partial charge in [0.25, 0.3) is 0 Å². The molecule has 2 aliphatic heterocycles. The van der Waals surface area contributed by atoms with Crippen molar-refractivity contribution in [1.29, 1.82) is 0 Å². The second-order valence-corrected chi connectivity index (χ2v) is 18.0. The average Bonchev–Trinajstić information content (AvgIpc) is 3.35. The van der Waals surface area contributed by atoms with Crippen LogP contribution in [0.2, 0.25) is 0 Å². The first-order chi connectivity index (χ1) is 33.6. The summed E-state index contributed by atoms with van der Waals surface area (Å²) in [6, 6.07) is 0. The number of unbranched alkanes of at least 4 members (excludes halogenated alkanes) is 12. The van der Waals surface area contributed by atoms with E-state index in [0.717, 1.165) is 89.9 Å². The van der Waals surface area contributed by atoms with Crippen molar-refractivity contribution < 1.29 is 69.0 Å². The quantitative estimate of drug-likeness (QED) is 0.0176. The van der Waals surface area contributed by atoms with Crippen molar-refractivity contribution in [2.75, 3.05) is 33.0 Å². The largest absolute Gasteiger partial charge is 0.457 e. The SMILES string of the molecule is CC/C=C\C/C=C\C/C=C\C/C=C\C/C=C\CCCCCC(=O)OC(COCCCCCCCC/C=C\C/C=C\CCCCC)COC1OC(COC2OC(CO)C(O)C(O)C2O)C(O)C(O)C1O. The van der Waals surface area contributed by atoms with Gasteiger partial charge in [0.1, 0.15) is 54.9 Å².